The van der Waals surface area contributed by atoms with Crippen LogP contribution in [0.3, 0.4) is 0 Å². The number of benzene rings is 2. The molecule has 8 heteroatoms. The number of halogens is 1. The van der Waals surface area contributed by atoms with Gasteiger partial charge in [-0.05, 0) is 49.2 Å². The van der Waals surface area contributed by atoms with E-state index >= 15 is 0 Å². The maximum atomic E-state index is 13.1. The summed E-state index contributed by atoms with van der Waals surface area (Å²) in [7, 11) is 0. The lowest BCUT2D eigenvalue weighted by molar-refractivity contribution is 0.0743. The van der Waals surface area contributed by atoms with Gasteiger partial charge in [0.25, 0.3) is 5.91 Å². The summed E-state index contributed by atoms with van der Waals surface area (Å²) in [5.74, 6) is 0.243. The van der Waals surface area contributed by atoms with Crippen molar-refractivity contribution < 1.29 is 19.7 Å². The van der Waals surface area contributed by atoms with E-state index < -0.39 is 6.04 Å². The summed E-state index contributed by atoms with van der Waals surface area (Å²) in [6.07, 6.45) is 0.772. The Hall–Kier alpha value is -3.19. The molecule has 0 spiro atoms. The maximum Gasteiger partial charge on any atom is 0.273 e. The third kappa shape index (κ3) is 3.25. The normalized spacial score (nSPS) is 15.5. The van der Waals surface area contributed by atoms with E-state index in [1.807, 2.05) is 13.8 Å². The van der Waals surface area contributed by atoms with Crippen molar-refractivity contribution in [1.82, 2.24) is 15.1 Å². The zero-order valence-corrected chi connectivity index (χ0v) is 17.4. The number of phenolic OH excluding ortho intramolecular Hbond substituents is 2. The minimum Gasteiger partial charge on any atom is -0.507 e. The molecule has 0 bridgehead atoms. The number of amides is 1. The average Bonchev–Trinajstić information content (AvgIpc) is 3.26. The Bertz CT molecular complexity index is 1110. The van der Waals surface area contributed by atoms with Crippen LogP contribution in [-0.4, -0.2) is 44.4 Å². The van der Waals surface area contributed by atoms with E-state index in [1.165, 1.54) is 6.07 Å². The molecule has 156 valence electrons. The van der Waals surface area contributed by atoms with Crippen molar-refractivity contribution in [1.29, 1.82) is 0 Å². The van der Waals surface area contributed by atoms with E-state index in [9.17, 15) is 15.0 Å². The Kier molecular flexibility index (Phi) is 5.30. The Morgan fingerprint density at radius 1 is 1.17 bits per heavy atom. The lowest BCUT2D eigenvalue weighted by Gasteiger charge is -2.26. The first-order valence-electron chi connectivity index (χ1n) is 9.80. The van der Waals surface area contributed by atoms with Crippen LogP contribution in [0.5, 0.6) is 17.2 Å². The van der Waals surface area contributed by atoms with Crippen LogP contribution >= 0.6 is 11.6 Å². The number of carbonyl (C=O) groups is 1. The van der Waals surface area contributed by atoms with E-state index in [1.54, 1.807) is 35.2 Å². The number of aromatic nitrogens is 2. The van der Waals surface area contributed by atoms with Gasteiger partial charge in [-0.3, -0.25) is 9.89 Å². The van der Waals surface area contributed by atoms with Crippen LogP contribution in [0.15, 0.2) is 36.4 Å². The zero-order chi connectivity index (χ0) is 21.4. The second kappa shape index (κ2) is 7.91. The number of phenols is 2. The third-order valence-electron chi connectivity index (χ3n) is 5.14. The fourth-order valence-electron chi connectivity index (χ4n) is 3.89. The molecule has 7 nitrogen and oxygen atoms in total. The Morgan fingerprint density at radius 3 is 2.67 bits per heavy atom. The molecule has 4 rings (SSSR count). The van der Waals surface area contributed by atoms with E-state index in [4.69, 9.17) is 16.3 Å². The van der Waals surface area contributed by atoms with Crippen LogP contribution in [0.25, 0.3) is 11.3 Å². The topological polar surface area (TPSA) is 98.7 Å². The number of rotatable bonds is 6. The van der Waals surface area contributed by atoms with Crippen molar-refractivity contribution in [3.05, 3.63) is 58.2 Å². The van der Waals surface area contributed by atoms with Crippen molar-refractivity contribution >= 4 is 17.5 Å². The minimum absolute atomic E-state index is 0.0227. The van der Waals surface area contributed by atoms with Gasteiger partial charge in [0, 0.05) is 22.7 Å². The van der Waals surface area contributed by atoms with Crippen molar-refractivity contribution in [3.63, 3.8) is 0 Å². The highest BCUT2D eigenvalue weighted by atomic mass is 35.5. The maximum absolute atomic E-state index is 13.1. The molecule has 1 aromatic heterocycles. The van der Waals surface area contributed by atoms with Crippen LogP contribution in [-0.2, 0) is 0 Å². The molecule has 0 aliphatic carbocycles. The standard InChI is InChI=1S/C22H22ClN3O4/c1-3-9-26-21(12-5-7-16(28)17(10-12)30-4-2)18-19(24-25-20(18)22(26)29)14-11-13(23)6-8-15(14)27/h5-8,10-11,21,27-28H,3-4,9H2,1-2H3,(H,24,25). The molecule has 2 aromatic carbocycles. The lowest BCUT2D eigenvalue weighted by Crippen LogP contribution is -2.30. The summed E-state index contributed by atoms with van der Waals surface area (Å²) in [6, 6.07) is 9.34. The van der Waals surface area contributed by atoms with Crippen molar-refractivity contribution in [3.8, 4) is 28.5 Å². The molecule has 30 heavy (non-hydrogen) atoms. The van der Waals surface area contributed by atoms with Gasteiger partial charge in [-0.15, -0.1) is 0 Å². The second-order valence-corrected chi connectivity index (χ2v) is 7.52. The molecule has 1 aliphatic heterocycles. The molecule has 1 amide bonds. The SMILES string of the molecule is CCCN1C(=O)c2[nH]nc(-c3cc(Cl)ccc3O)c2C1c1ccc(O)c(OCC)c1. The second-order valence-electron chi connectivity index (χ2n) is 7.08. The summed E-state index contributed by atoms with van der Waals surface area (Å²) < 4.78 is 5.54. The van der Waals surface area contributed by atoms with E-state index in [0.717, 1.165) is 12.0 Å². The molecule has 1 unspecified atom stereocenters. The fraction of sp³-hybridized carbons (Fsp3) is 0.273. The largest absolute Gasteiger partial charge is 0.507 e. The van der Waals surface area contributed by atoms with Crippen LogP contribution in [0.1, 0.15) is 47.9 Å². The number of carbonyl (C=O) groups excluding carboxylic acids is 1. The Balaban J connectivity index is 1.91. The number of nitrogens with one attached hydrogen (secondary N) is 1. The predicted molar refractivity (Wildman–Crippen MR) is 113 cm³/mol. The first kappa shape index (κ1) is 20.1. The number of fused-ring (bicyclic) bond motifs is 1. The van der Waals surface area contributed by atoms with Gasteiger partial charge in [0.1, 0.15) is 17.1 Å². The molecule has 1 atom stereocenters. The summed E-state index contributed by atoms with van der Waals surface area (Å²) in [5.41, 5.74) is 2.74. The highest BCUT2D eigenvalue weighted by Crippen LogP contribution is 2.46. The summed E-state index contributed by atoms with van der Waals surface area (Å²) in [5, 5.41) is 28.2. The van der Waals surface area contributed by atoms with Gasteiger partial charge in [0.2, 0.25) is 0 Å². The highest BCUT2D eigenvalue weighted by Gasteiger charge is 2.42. The van der Waals surface area contributed by atoms with Gasteiger partial charge in [-0.2, -0.15) is 5.10 Å². The van der Waals surface area contributed by atoms with Gasteiger partial charge >= 0.3 is 0 Å². The van der Waals surface area contributed by atoms with E-state index in [-0.39, 0.29) is 17.4 Å². The molecule has 2 heterocycles. The van der Waals surface area contributed by atoms with Crippen molar-refractivity contribution in [2.45, 2.75) is 26.3 Å². The summed E-state index contributed by atoms with van der Waals surface area (Å²) in [4.78, 5) is 14.9. The smallest absolute Gasteiger partial charge is 0.273 e. The Morgan fingerprint density at radius 2 is 1.93 bits per heavy atom. The molecule has 3 aromatic rings. The minimum atomic E-state index is -0.445. The van der Waals surface area contributed by atoms with Crippen LogP contribution in [0.4, 0.5) is 0 Å². The number of hydrogen-bond donors (Lipinski definition) is 3. The monoisotopic (exact) mass is 427 g/mol. The van der Waals surface area contributed by atoms with Crippen molar-refractivity contribution in [2.24, 2.45) is 0 Å². The van der Waals surface area contributed by atoms with Crippen LogP contribution in [0.2, 0.25) is 5.02 Å². The predicted octanol–water partition coefficient (Wildman–Crippen LogP) is 4.50. The van der Waals surface area contributed by atoms with E-state index in [2.05, 4.69) is 10.2 Å². The molecule has 0 saturated heterocycles. The number of nitrogens with zero attached hydrogens (tertiary/aromatic N) is 2. The van der Waals surface area contributed by atoms with Crippen LogP contribution in [0, 0.1) is 0 Å². The lowest BCUT2D eigenvalue weighted by atomic mass is 9.95. The molecule has 1 aliphatic rings. The molecular formula is C22H22ClN3O4. The number of ether oxygens (including phenoxy) is 1. The average molecular weight is 428 g/mol. The zero-order valence-electron chi connectivity index (χ0n) is 16.6. The van der Waals surface area contributed by atoms with Crippen molar-refractivity contribution in [2.75, 3.05) is 13.2 Å². The first-order valence-corrected chi connectivity index (χ1v) is 10.2. The number of H-pyrrole nitrogens is 1. The summed E-state index contributed by atoms with van der Waals surface area (Å²) >= 11 is 6.15. The molecule has 0 fully saturated rings. The molecule has 0 radical (unpaired) electrons. The number of hydrogen-bond acceptors (Lipinski definition) is 5. The molecule has 0 saturated carbocycles. The van der Waals surface area contributed by atoms with Gasteiger partial charge in [-0.1, -0.05) is 24.6 Å². The van der Waals surface area contributed by atoms with Gasteiger partial charge in [-0.25, -0.2) is 0 Å². The van der Waals surface area contributed by atoms with E-state index in [0.29, 0.717) is 46.4 Å². The Labute approximate surface area is 178 Å². The van der Waals surface area contributed by atoms with Crippen LogP contribution < -0.4 is 4.74 Å². The number of aromatic amines is 1. The third-order valence-corrected chi connectivity index (χ3v) is 5.38. The molecule has 3 N–H and O–H groups in total. The quantitative estimate of drug-likeness (QED) is 0.538. The summed E-state index contributed by atoms with van der Waals surface area (Å²) in [6.45, 7) is 4.78. The number of aromatic hydroxyl groups is 2. The van der Waals surface area contributed by atoms with Gasteiger partial charge < -0.3 is 19.8 Å². The fourth-order valence-corrected chi connectivity index (χ4v) is 4.06. The van der Waals surface area contributed by atoms with Gasteiger partial charge in [0.15, 0.2) is 11.5 Å². The molecular weight excluding hydrogens is 406 g/mol. The highest BCUT2D eigenvalue weighted by molar-refractivity contribution is 6.31. The first-order chi connectivity index (χ1) is 14.5. The van der Waals surface area contributed by atoms with Gasteiger partial charge in [0.05, 0.1) is 12.6 Å².